The first-order valence-electron chi connectivity index (χ1n) is 4.57. The Bertz CT molecular complexity index is 140. The zero-order valence-corrected chi connectivity index (χ0v) is 7.33. The van der Waals surface area contributed by atoms with Crippen molar-refractivity contribution in [1.82, 2.24) is 4.90 Å². The highest BCUT2D eigenvalue weighted by Crippen LogP contribution is 2.45. The topological polar surface area (TPSA) is 23.5 Å². The van der Waals surface area contributed by atoms with Crippen molar-refractivity contribution < 1.29 is 5.11 Å². The lowest BCUT2D eigenvalue weighted by Crippen LogP contribution is -2.60. The van der Waals surface area contributed by atoms with E-state index in [9.17, 15) is 0 Å². The summed E-state index contributed by atoms with van der Waals surface area (Å²) < 4.78 is 0. The number of fused-ring (bicyclic) bond motifs is 2. The minimum atomic E-state index is 0.338. The minimum absolute atomic E-state index is 0.338. The lowest BCUT2D eigenvalue weighted by molar-refractivity contribution is -0.0757. The van der Waals surface area contributed by atoms with E-state index in [0.29, 0.717) is 18.6 Å². The predicted molar refractivity (Wildman–Crippen MR) is 44.3 cm³/mol. The molecule has 1 N–H and O–H groups in total. The summed E-state index contributed by atoms with van der Waals surface area (Å²) in [7, 11) is 2.15. The highest BCUT2D eigenvalue weighted by Gasteiger charge is 2.46. The largest absolute Gasteiger partial charge is 0.395 e. The van der Waals surface area contributed by atoms with E-state index in [-0.39, 0.29) is 0 Å². The molecule has 2 heteroatoms. The van der Waals surface area contributed by atoms with Crippen LogP contribution in [0.5, 0.6) is 0 Å². The van der Waals surface area contributed by atoms with Gasteiger partial charge in [-0.2, -0.15) is 0 Å². The van der Waals surface area contributed by atoms with Gasteiger partial charge < -0.3 is 5.11 Å². The Labute approximate surface area is 68.2 Å². The molecule has 3 aliphatic rings. The fourth-order valence-electron chi connectivity index (χ4n) is 2.64. The van der Waals surface area contributed by atoms with Gasteiger partial charge in [-0.25, -0.2) is 0 Å². The number of hydrogen-bond acceptors (Lipinski definition) is 2. The van der Waals surface area contributed by atoms with Crippen LogP contribution in [0.15, 0.2) is 0 Å². The molecule has 2 aliphatic heterocycles. The third-order valence-corrected chi connectivity index (χ3v) is 3.79. The summed E-state index contributed by atoms with van der Waals surface area (Å²) in [6.45, 7) is 2.61. The molecule has 3 fully saturated rings. The van der Waals surface area contributed by atoms with E-state index in [4.69, 9.17) is 5.11 Å². The molecule has 3 rings (SSSR count). The van der Waals surface area contributed by atoms with Gasteiger partial charge in [0, 0.05) is 12.1 Å². The summed E-state index contributed by atoms with van der Waals surface area (Å²) in [6, 6.07) is 1.22. The number of aliphatic hydroxyl groups excluding tert-OH is 1. The second-order valence-corrected chi connectivity index (χ2v) is 4.16. The van der Waals surface area contributed by atoms with Crippen LogP contribution >= 0.6 is 0 Å². The van der Waals surface area contributed by atoms with Crippen LogP contribution in [0.1, 0.15) is 19.8 Å². The SMILES string of the molecule is CC1C2CC(C2)N(C)C1CO. The Morgan fingerprint density at radius 3 is 2.45 bits per heavy atom. The molecule has 2 nitrogen and oxygen atoms in total. The van der Waals surface area contributed by atoms with Crippen LogP contribution in [0.25, 0.3) is 0 Å². The van der Waals surface area contributed by atoms with Crippen LogP contribution in [0.3, 0.4) is 0 Å². The first kappa shape index (κ1) is 7.56. The van der Waals surface area contributed by atoms with Crippen LogP contribution in [-0.4, -0.2) is 35.7 Å². The van der Waals surface area contributed by atoms with Crippen molar-refractivity contribution in [2.24, 2.45) is 11.8 Å². The van der Waals surface area contributed by atoms with Crippen molar-refractivity contribution in [1.29, 1.82) is 0 Å². The molecule has 0 radical (unpaired) electrons. The molecule has 0 aromatic rings. The third-order valence-electron chi connectivity index (χ3n) is 3.79. The summed E-state index contributed by atoms with van der Waals surface area (Å²) in [5, 5.41) is 9.13. The average Bonchev–Trinajstić information content (AvgIpc) is 1.83. The zero-order valence-electron chi connectivity index (χ0n) is 7.33. The van der Waals surface area contributed by atoms with E-state index in [1.807, 2.05) is 0 Å². The van der Waals surface area contributed by atoms with Crippen molar-refractivity contribution >= 4 is 0 Å². The van der Waals surface area contributed by atoms with Crippen molar-refractivity contribution in [2.45, 2.75) is 31.8 Å². The Balaban J connectivity index is 2.08. The van der Waals surface area contributed by atoms with E-state index in [0.717, 1.165) is 12.0 Å². The van der Waals surface area contributed by atoms with E-state index >= 15 is 0 Å². The van der Waals surface area contributed by atoms with Gasteiger partial charge in [0.2, 0.25) is 0 Å². The summed E-state index contributed by atoms with van der Waals surface area (Å²) in [4.78, 5) is 2.37. The molecular formula is C9H17NO. The molecule has 1 saturated carbocycles. The third kappa shape index (κ3) is 0.926. The zero-order chi connectivity index (χ0) is 8.01. The lowest BCUT2D eigenvalue weighted by Gasteiger charge is -2.55. The number of rotatable bonds is 1. The van der Waals surface area contributed by atoms with E-state index in [2.05, 4.69) is 18.9 Å². The molecule has 2 bridgehead atoms. The minimum Gasteiger partial charge on any atom is -0.395 e. The maximum Gasteiger partial charge on any atom is 0.0589 e. The number of hydrogen-bond donors (Lipinski definition) is 1. The summed E-state index contributed by atoms with van der Waals surface area (Å²) in [5.41, 5.74) is 0. The molecule has 64 valence electrons. The molecule has 2 atom stereocenters. The Hall–Kier alpha value is -0.0800. The summed E-state index contributed by atoms with van der Waals surface area (Å²) in [5.74, 6) is 1.61. The van der Waals surface area contributed by atoms with Gasteiger partial charge in [0.15, 0.2) is 0 Å². The molecule has 11 heavy (non-hydrogen) atoms. The quantitative estimate of drug-likeness (QED) is 0.602. The summed E-state index contributed by atoms with van der Waals surface area (Å²) >= 11 is 0. The molecule has 0 spiro atoms. The lowest BCUT2D eigenvalue weighted by atomic mass is 9.65. The van der Waals surface area contributed by atoms with Gasteiger partial charge in [-0.1, -0.05) is 6.92 Å². The fourth-order valence-corrected chi connectivity index (χ4v) is 2.64. The van der Waals surface area contributed by atoms with Gasteiger partial charge in [-0.3, -0.25) is 4.90 Å². The molecular weight excluding hydrogens is 138 g/mol. The average molecular weight is 155 g/mol. The second-order valence-electron chi connectivity index (χ2n) is 4.16. The van der Waals surface area contributed by atoms with Crippen molar-refractivity contribution in [3.05, 3.63) is 0 Å². The molecule has 1 aliphatic carbocycles. The van der Waals surface area contributed by atoms with Crippen molar-refractivity contribution in [3.8, 4) is 0 Å². The number of piperidine rings is 2. The Morgan fingerprint density at radius 1 is 1.45 bits per heavy atom. The standard InChI is InChI=1S/C9H17NO/c1-6-7-3-8(4-7)10(2)9(6)5-11/h6-9,11H,3-5H2,1-2H3. The van der Waals surface area contributed by atoms with Gasteiger partial charge in [0.1, 0.15) is 0 Å². The smallest absolute Gasteiger partial charge is 0.0589 e. The van der Waals surface area contributed by atoms with Crippen LogP contribution in [0.4, 0.5) is 0 Å². The van der Waals surface area contributed by atoms with Gasteiger partial charge in [-0.05, 0) is 31.7 Å². The Morgan fingerprint density at radius 2 is 2.09 bits per heavy atom. The molecule has 0 aromatic heterocycles. The normalized spacial score (nSPS) is 50.5. The van der Waals surface area contributed by atoms with Crippen LogP contribution in [0, 0.1) is 11.8 Å². The van der Waals surface area contributed by atoms with Gasteiger partial charge in [0.25, 0.3) is 0 Å². The maximum atomic E-state index is 9.13. The second kappa shape index (κ2) is 2.46. The first-order chi connectivity index (χ1) is 5.24. The van der Waals surface area contributed by atoms with Crippen molar-refractivity contribution in [3.63, 3.8) is 0 Å². The van der Waals surface area contributed by atoms with E-state index in [1.54, 1.807) is 0 Å². The number of likely N-dealkylation sites (N-methyl/N-ethyl adjacent to an activating group) is 1. The first-order valence-corrected chi connectivity index (χ1v) is 4.57. The molecule has 2 saturated heterocycles. The Kier molecular flexibility index (Phi) is 1.69. The van der Waals surface area contributed by atoms with Crippen LogP contribution < -0.4 is 0 Å². The highest BCUT2D eigenvalue weighted by atomic mass is 16.3. The van der Waals surface area contributed by atoms with Gasteiger partial charge in [-0.15, -0.1) is 0 Å². The molecule has 0 aromatic carbocycles. The maximum absolute atomic E-state index is 9.13. The molecule has 2 heterocycles. The van der Waals surface area contributed by atoms with Crippen LogP contribution in [0.2, 0.25) is 0 Å². The number of nitrogens with zero attached hydrogens (tertiary/aromatic N) is 1. The van der Waals surface area contributed by atoms with Gasteiger partial charge >= 0.3 is 0 Å². The van der Waals surface area contributed by atoms with Crippen molar-refractivity contribution in [2.75, 3.05) is 13.7 Å². The van der Waals surface area contributed by atoms with E-state index < -0.39 is 0 Å². The fraction of sp³-hybridized carbons (Fsp3) is 1.00. The molecule has 2 unspecified atom stereocenters. The number of aliphatic hydroxyl groups is 1. The summed E-state index contributed by atoms with van der Waals surface area (Å²) in [6.07, 6.45) is 2.74. The van der Waals surface area contributed by atoms with Gasteiger partial charge in [0.05, 0.1) is 6.61 Å². The van der Waals surface area contributed by atoms with Crippen LogP contribution in [-0.2, 0) is 0 Å². The van der Waals surface area contributed by atoms with E-state index in [1.165, 1.54) is 12.8 Å². The highest BCUT2D eigenvalue weighted by molar-refractivity contribution is 4.99. The monoisotopic (exact) mass is 155 g/mol. The molecule has 0 amide bonds. The predicted octanol–water partition coefficient (Wildman–Crippen LogP) is 0.707.